The Morgan fingerprint density at radius 3 is 2.67 bits per heavy atom. The molecule has 0 bridgehead atoms. The Labute approximate surface area is 116 Å². The molecule has 0 saturated carbocycles. The molecule has 2 aromatic heterocycles. The van der Waals surface area contributed by atoms with Crippen molar-refractivity contribution in [1.82, 2.24) is 4.57 Å². The minimum absolute atomic E-state index is 0.129. The van der Waals surface area contributed by atoms with Crippen molar-refractivity contribution in [2.75, 3.05) is 0 Å². The number of halogens is 1. The summed E-state index contributed by atoms with van der Waals surface area (Å²) in [7, 11) is 0. The van der Waals surface area contributed by atoms with Gasteiger partial charge >= 0.3 is 5.97 Å². The van der Waals surface area contributed by atoms with Crippen LogP contribution in [0.1, 0.15) is 32.6 Å². The number of hydrogen-bond donors (Lipinski definition) is 1. The first kappa shape index (κ1) is 13.0. The average Bonchev–Trinajstić information content (AvgIpc) is 2.85. The molecule has 94 valence electrons. The van der Waals surface area contributed by atoms with E-state index in [1.54, 1.807) is 10.8 Å². The zero-order chi connectivity index (χ0) is 13.3. The first-order valence-corrected chi connectivity index (χ1v) is 6.82. The fourth-order valence-corrected chi connectivity index (χ4v) is 3.07. The molecule has 0 aliphatic rings. The molecule has 0 radical (unpaired) electrons. The number of Topliss-reactive ketones (excluding diaryl/α,β-unsaturated/α-hetero) is 1. The van der Waals surface area contributed by atoms with Gasteiger partial charge in [-0.1, -0.05) is 0 Å². The van der Waals surface area contributed by atoms with Crippen molar-refractivity contribution in [3.8, 4) is 0 Å². The maximum Gasteiger partial charge on any atom is 0.352 e. The molecular weight excluding hydrogens is 318 g/mol. The van der Waals surface area contributed by atoms with Crippen LogP contribution in [0.2, 0.25) is 0 Å². The van der Waals surface area contributed by atoms with Gasteiger partial charge in [0.2, 0.25) is 0 Å². The molecule has 0 aromatic carbocycles. The molecule has 1 N–H and O–H groups in total. The Hall–Kier alpha value is -1.40. The highest BCUT2D eigenvalue weighted by molar-refractivity contribution is 9.10. The van der Waals surface area contributed by atoms with Gasteiger partial charge in [-0.25, -0.2) is 4.79 Å². The third kappa shape index (κ3) is 2.70. The van der Waals surface area contributed by atoms with Crippen molar-refractivity contribution >= 4 is 39.0 Å². The Kier molecular flexibility index (Phi) is 3.68. The third-order valence-electron chi connectivity index (χ3n) is 2.47. The van der Waals surface area contributed by atoms with Crippen LogP contribution in [0, 0.1) is 0 Å². The van der Waals surface area contributed by atoms with Gasteiger partial charge in [0, 0.05) is 26.5 Å². The Morgan fingerprint density at radius 2 is 2.17 bits per heavy atom. The van der Waals surface area contributed by atoms with E-state index in [9.17, 15) is 9.59 Å². The minimum Gasteiger partial charge on any atom is -0.477 e. The van der Waals surface area contributed by atoms with E-state index in [1.165, 1.54) is 24.3 Å². The van der Waals surface area contributed by atoms with Crippen molar-refractivity contribution in [3.05, 3.63) is 44.3 Å². The normalized spacial score (nSPS) is 10.6. The van der Waals surface area contributed by atoms with Crippen LogP contribution in [0.25, 0.3) is 0 Å². The largest absolute Gasteiger partial charge is 0.477 e. The van der Waals surface area contributed by atoms with Gasteiger partial charge in [-0.15, -0.1) is 11.3 Å². The van der Waals surface area contributed by atoms with Crippen LogP contribution in [0.4, 0.5) is 0 Å². The highest BCUT2D eigenvalue weighted by atomic mass is 79.9. The number of aromatic nitrogens is 1. The van der Waals surface area contributed by atoms with Crippen LogP contribution in [0.5, 0.6) is 0 Å². The lowest BCUT2D eigenvalue weighted by atomic mass is 10.2. The van der Waals surface area contributed by atoms with Crippen LogP contribution in [-0.4, -0.2) is 21.4 Å². The number of carbonyl (C=O) groups excluding carboxylic acids is 1. The maximum atomic E-state index is 11.3. The molecule has 0 aliphatic heterocycles. The topological polar surface area (TPSA) is 59.3 Å². The van der Waals surface area contributed by atoms with Gasteiger partial charge in [0.1, 0.15) is 5.69 Å². The summed E-state index contributed by atoms with van der Waals surface area (Å²) in [6.07, 6.45) is 1.58. The van der Waals surface area contributed by atoms with Crippen molar-refractivity contribution in [1.29, 1.82) is 0 Å². The highest BCUT2D eigenvalue weighted by Crippen LogP contribution is 2.22. The predicted molar refractivity (Wildman–Crippen MR) is 72.5 cm³/mol. The van der Waals surface area contributed by atoms with Gasteiger partial charge in [0.05, 0.1) is 6.54 Å². The van der Waals surface area contributed by atoms with E-state index in [1.807, 2.05) is 11.4 Å². The van der Waals surface area contributed by atoms with Gasteiger partial charge in [0.25, 0.3) is 0 Å². The van der Waals surface area contributed by atoms with Crippen LogP contribution >= 0.6 is 27.3 Å². The summed E-state index contributed by atoms with van der Waals surface area (Å²) >= 11 is 4.89. The van der Waals surface area contributed by atoms with Gasteiger partial charge in [0.15, 0.2) is 5.78 Å². The summed E-state index contributed by atoms with van der Waals surface area (Å²) < 4.78 is 2.55. The second-order valence-electron chi connectivity index (χ2n) is 3.83. The first-order valence-electron chi connectivity index (χ1n) is 5.14. The number of hydrogen-bond acceptors (Lipinski definition) is 3. The summed E-state index contributed by atoms with van der Waals surface area (Å²) in [6.45, 7) is 1.87. The van der Waals surface area contributed by atoms with Crippen LogP contribution in [0.15, 0.2) is 28.2 Å². The van der Waals surface area contributed by atoms with E-state index in [4.69, 9.17) is 5.11 Å². The summed E-state index contributed by atoms with van der Waals surface area (Å²) in [5.74, 6) is -1.17. The summed E-state index contributed by atoms with van der Waals surface area (Å²) in [5, 5.41) is 11.0. The Balaban J connectivity index is 2.36. The zero-order valence-corrected chi connectivity index (χ0v) is 11.9. The molecule has 0 unspecified atom stereocenters. The van der Waals surface area contributed by atoms with E-state index >= 15 is 0 Å². The second kappa shape index (κ2) is 5.07. The molecular formula is C12H10BrNO3S. The molecule has 18 heavy (non-hydrogen) atoms. The molecule has 4 nitrogen and oxygen atoms in total. The molecule has 6 heteroatoms. The van der Waals surface area contributed by atoms with Crippen molar-refractivity contribution in [3.63, 3.8) is 0 Å². The van der Waals surface area contributed by atoms with Crippen molar-refractivity contribution in [2.24, 2.45) is 0 Å². The van der Waals surface area contributed by atoms with E-state index in [-0.39, 0.29) is 11.5 Å². The fourth-order valence-electron chi connectivity index (χ4n) is 1.62. The smallest absolute Gasteiger partial charge is 0.352 e. The Bertz CT molecular complexity index is 615. The maximum absolute atomic E-state index is 11.3. The van der Waals surface area contributed by atoms with E-state index in [0.717, 1.165) is 9.35 Å². The first-order chi connectivity index (χ1) is 8.47. The van der Waals surface area contributed by atoms with Gasteiger partial charge in [-0.05, 0) is 35.0 Å². The summed E-state index contributed by atoms with van der Waals surface area (Å²) in [4.78, 5) is 23.4. The van der Waals surface area contributed by atoms with Crippen molar-refractivity contribution < 1.29 is 14.7 Å². The highest BCUT2D eigenvalue weighted by Gasteiger charge is 2.15. The fraction of sp³-hybridized carbons (Fsp3) is 0.167. The molecule has 0 saturated heterocycles. The quantitative estimate of drug-likeness (QED) is 0.877. The summed E-state index contributed by atoms with van der Waals surface area (Å²) in [5.41, 5.74) is 0.549. The van der Waals surface area contributed by atoms with E-state index in [2.05, 4.69) is 15.9 Å². The third-order valence-corrected chi connectivity index (χ3v) is 4.15. The molecule has 2 rings (SSSR count). The number of carboxylic acids is 1. The molecule has 0 fully saturated rings. The van der Waals surface area contributed by atoms with Gasteiger partial charge in [-0.2, -0.15) is 0 Å². The molecule has 0 atom stereocenters. The van der Waals surface area contributed by atoms with Crippen molar-refractivity contribution in [2.45, 2.75) is 13.5 Å². The molecule has 0 aliphatic carbocycles. The number of aromatic carboxylic acids is 1. The number of carbonyl (C=O) groups is 2. The Morgan fingerprint density at radius 1 is 1.44 bits per heavy atom. The number of ketones is 1. The zero-order valence-electron chi connectivity index (χ0n) is 9.51. The molecule has 0 spiro atoms. The minimum atomic E-state index is -1.03. The number of carboxylic acid groups (broad SMARTS) is 1. The predicted octanol–water partition coefficient (Wildman–Crippen LogP) is 3.26. The lowest BCUT2D eigenvalue weighted by molar-refractivity contribution is 0.0685. The second-order valence-corrected chi connectivity index (χ2v) is 5.75. The molecule has 2 heterocycles. The average molecular weight is 328 g/mol. The van der Waals surface area contributed by atoms with E-state index < -0.39 is 5.97 Å². The van der Waals surface area contributed by atoms with Gasteiger partial charge in [-0.3, -0.25) is 4.79 Å². The number of rotatable bonds is 4. The number of thiophene rings is 1. The van der Waals surface area contributed by atoms with Crippen LogP contribution in [-0.2, 0) is 6.54 Å². The standard InChI is InChI=1S/C12H10BrNO3S/c1-7(15)8-2-11(12(16)17)14(4-8)5-10-3-9(13)6-18-10/h2-4,6H,5H2,1H3,(H,16,17). The lowest BCUT2D eigenvalue weighted by Crippen LogP contribution is -2.07. The van der Waals surface area contributed by atoms with E-state index in [0.29, 0.717) is 12.1 Å². The summed E-state index contributed by atoms with van der Waals surface area (Å²) in [6, 6.07) is 3.34. The van der Waals surface area contributed by atoms with Crippen LogP contribution < -0.4 is 0 Å². The lowest BCUT2D eigenvalue weighted by Gasteiger charge is -2.03. The molecule has 2 aromatic rings. The van der Waals surface area contributed by atoms with Gasteiger partial charge < -0.3 is 9.67 Å². The van der Waals surface area contributed by atoms with Crippen LogP contribution in [0.3, 0.4) is 0 Å². The monoisotopic (exact) mass is 327 g/mol. The number of nitrogens with zero attached hydrogens (tertiary/aromatic N) is 1. The molecule has 0 amide bonds. The SMILES string of the molecule is CC(=O)c1cc(C(=O)O)n(Cc2cc(Br)cs2)c1.